The van der Waals surface area contributed by atoms with Gasteiger partial charge in [0, 0.05) is 17.9 Å². The van der Waals surface area contributed by atoms with Crippen molar-refractivity contribution in [3.05, 3.63) is 59.9 Å². The van der Waals surface area contributed by atoms with Crippen molar-refractivity contribution in [3.63, 3.8) is 0 Å². The fraction of sp³-hybridized carbons (Fsp3) is 0.316. The van der Waals surface area contributed by atoms with Crippen molar-refractivity contribution in [3.8, 4) is 0 Å². The molecule has 0 spiro atoms. The predicted molar refractivity (Wildman–Crippen MR) is 98.5 cm³/mol. The van der Waals surface area contributed by atoms with E-state index in [1.165, 1.54) is 0 Å². The first-order chi connectivity index (χ1) is 11.8. The Morgan fingerprint density at radius 2 is 1.68 bits per heavy atom. The van der Waals surface area contributed by atoms with Crippen LogP contribution in [-0.2, 0) is 0 Å². The van der Waals surface area contributed by atoms with E-state index in [-0.39, 0.29) is 23.5 Å². The summed E-state index contributed by atoms with van der Waals surface area (Å²) in [4.78, 5) is 28.7. The lowest BCUT2D eigenvalue weighted by Crippen LogP contribution is -2.41. The summed E-state index contributed by atoms with van der Waals surface area (Å²) >= 11 is 0. The van der Waals surface area contributed by atoms with Crippen molar-refractivity contribution < 1.29 is 9.59 Å². The number of hydrogen-bond acceptors (Lipinski definition) is 3. The molecule has 0 saturated carbocycles. The highest BCUT2D eigenvalue weighted by molar-refractivity contribution is 6.03. The molecule has 2 rings (SSSR count). The van der Waals surface area contributed by atoms with E-state index in [9.17, 15) is 9.59 Å². The fourth-order valence-corrected chi connectivity index (χ4v) is 2.29. The molecule has 1 heterocycles. The van der Waals surface area contributed by atoms with Gasteiger partial charge in [0.1, 0.15) is 0 Å². The molecule has 1 atom stereocenters. The molecule has 0 aliphatic rings. The minimum Gasteiger partial charge on any atom is -0.347 e. The molecular weight excluding hydrogens is 316 g/mol. The standard InChI is InChI=1S/C19H24N4O2/c1-13(14-9-11-20-12-10-14)21-18(25)22-16-8-6-5-7-15(16)17(24)23-19(2,3)4/h5-13H,1-4H3,(H,23,24)(H2,21,22,25)/t13-/m1/s1. The zero-order valence-electron chi connectivity index (χ0n) is 15.0. The van der Waals surface area contributed by atoms with Crippen molar-refractivity contribution in [2.45, 2.75) is 39.3 Å². The van der Waals surface area contributed by atoms with Gasteiger partial charge in [-0.25, -0.2) is 4.79 Å². The zero-order valence-corrected chi connectivity index (χ0v) is 15.0. The summed E-state index contributed by atoms with van der Waals surface area (Å²) in [5.41, 5.74) is 1.47. The van der Waals surface area contributed by atoms with Crippen LogP contribution in [-0.4, -0.2) is 22.5 Å². The van der Waals surface area contributed by atoms with Gasteiger partial charge in [-0.05, 0) is 57.5 Å². The van der Waals surface area contributed by atoms with Crippen molar-refractivity contribution >= 4 is 17.6 Å². The Labute approximate surface area is 148 Å². The van der Waals surface area contributed by atoms with Crippen LogP contribution in [0.2, 0.25) is 0 Å². The van der Waals surface area contributed by atoms with Crippen molar-refractivity contribution in [1.82, 2.24) is 15.6 Å². The Kier molecular flexibility index (Phi) is 5.75. The molecule has 3 amide bonds. The molecule has 25 heavy (non-hydrogen) atoms. The van der Waals surface area contributed by atoms with Crippen LogP contribution in [0, 0.1) is 0 Å². The molecule has 3 N–H and O–H groups in total. The van der Waals surface area contributed by atoms with Crippen molar-refractivity contribution in [2.75, 3.05) is 5.32 Å². The lowest BCUT2D eigenvalue weighted by Gasteiger charge is -2.22. The molecular formula is C19H24N4O2. The Morgan fingerprint density at radius 1 is 1.04 bits per heavy atom. The van der Waals surface area contributed by atoms with Crippen LogP contribution in [0.5, 0.6) is 0 Å². The number of rotatable bonds is 4. The molecule has 0 saturated heterocycles. The maximum absolute atomic E-state index is 12.4. The number of urea groups is 1. The summed E-state index contributed by atoms with van der Waals surface area (Å²) in [6.07, 6.45) is 3.36. The maximum Gasteiger partial charge on any atom is 0.319 e. The van der Waals surface area contributed by atoms with Gasteiger partial charge in [0.25, 0.3) is 5.91 Å². The second-order valence-corrected chi connectivity index (χ2v) is 6.85. The Hall–Kier alpha value is -2.89. The molecule has 6 heteroatoms. The highest BCUT2D eigenvalue weighted by Gasteiger charge is 2.19. The van der Waals surface area contributed by atoms with E-state index < -0.39 is 0 Å². The lowest BCUT2D eigenvalue weighted by atomic mass is 10.1. The van der Waals surface area contributed by atoms with Crippen LogP contribution >= 0.6 is 0 Å². The Morgan fingerprint density at radius 3 is 2.32 bits per heavy atom. The van der Waals surface area contributed by atoms with E-state index in [2.05, 4.69) is 20.9 Å². The van der Waals surface area contributed by atoms with Gasteiger partial charge in [-0.3, -0.25) is 9.78 Å². The van der Waals surface area contributed by atoms with Gasteiger partial charge in [-0.1, -0.05) is 12.1 Å². The van der Waals surface area contributed by atoms with Crippen LogP contribution in [0.3, 0.4) is 0 Å². The molecule has 6 nitrogen and oxygen atoms in total. The minimum atomic E-state index is -0.375. The minimum absolute atomic E-state index is 0.182. The van der Waals surface area contributed by atoms with Crippen molar-refractivity contribution in [1.29, 1.82) is 0 Å². The van der Waals surface area contributed by atoms with Gasteiger partial charge >= 0.3 is 6.03 Å². The average molecular weight is 340 g/mol. The van der Waals surface area contributed by atoms with Gasteiger partial charge < -0.3 is 16.0 Å². The van der Waals surface area contributed by atoms with Crippen LogP contribution < -0.4 is 16.0 Å². The third-order valence-electron chi connectivity index (χ3n) is 3.46. The molecule has 1 aromatic carbocycles. The van der Waals surface area contributed by atoms with Crippen LogP contribution in [0.15, 0.2) is 48.8 Å². The molecule has 0 fully saturated rings. The number of amides is 3. The number of aromatic nitrogens is 1. The number of hydrogen-bond donors (Lipinski definition) is 3. The van der Waals surface area contributed by atoms with Crippen LogP contribution in [0.1, 0.15) is 49.7 Å². The number of nitrogens with one attached hydrogen (secondary N) is 3. The second kappa shape index (κ2) is 7.79. The van der Waals surface area contributed by atoms with E-state index >= 15 is 0 Å². The largest absolute Gasteiger partial charge is 0.347 e. The maximum atomic E-state index is 12.4. The summed E-state index contributed by atoms with van der Waals surface area (Å²) < 4.78 is 0. The number of anilines is 1. The number of para-hydroxylation sites is 1. The Balaban J connectivity index is 2.07. The lowest BCUT2D eigenvalue weighted by molar-refractivity contribution is 0.0920. The smallest absolute Gasteiger partial charge is 0.319 e. The SMILES string of the molecule is C[C@@H](NC(=O)Nc1ccccc1C(=O)NC(C)(C)C)c1ccncc1. The number of benzene rings is 1. The molecule has 0 aliphatic carbocycles. The second-order valence-electron chi connectivity index (χ2n) is 6.85. The summed E-state index contributed by atoms with van der Waals surface area (Å²) in [6, 6.07) is 10.1. The monoisotopic (exact) mass is 340 g/mol. The first kappa shape index (κ1) is 18.4. The molecule has 132 valence electrons. The van der Waals surface area contributed by atoms with E-state index in [4.69, 9.17) is 0 Å². The molecule has 0 unspecified atom stereocenters. The van der Waals surface area contributed by atoms with Crippen LogP contribution in [0.4, 0.5) is 10.5 Å². The topological polar surface area (TPSA) is 83.1 Å². The summed E-state index contributed by atoms with van der Waals surface area (Å²) in [5, 5.41) is 8.50. The van der Waals surface area contributed by atoms with E-state index in [0.717, 1.165) is 5.56 Å². The molecule has 0 aliphatic heterocycles. The zero-order chi connectivity index (χ0) is 18.4. The van der Waals surface area contributed by atoms with E-state index in [0.29, 0.717) is 11.3 Å². The van der Waals surface area contributed by atoms with Gasteiger partial charge in [0.05, 0.1) is 17.3 Å². The van der Waals surface area contributed by atoms with E-state index in [1.54, 1.807) is 36.7 Å². The van der Waals surface area contributed by atoms with Gasteiger partial charge in [-0.2, -0.15) is 0 Å². The number of nitrogens with zero attached hydrogens (tertiary/aromatic N) is 1. The number of carbonyl (C=O) groups excluding carboxylic acids is 2. The molecule has 2 aromatic rings. The molecule has 0 bridgehead atoms. The molecule has 0 radical (unpaired) electrons. The third kappa shape index (κ3) is 5.60. The fourth-order valence-electron chi connectivity index (χ4n) is 2.29. The predicted octanol–water partition coefficient (Wildman–Crippen LogP) is 3.49. The normalized spacial score (nSPS) is 12.2. The van der Waals surface area contributed by atoms with Crippen LogP contribution in [0.25, 0.3) is 0 Å². The number of pyridine rings is 1. The quantitative estimate of drug-likeness (QED) is 0.796. The van der Waals surface area contributed by atoms with Gasteiger partial charge in [0.15, 0.2) is 0 Å². The highest BCUT2D eigenvalue weighted by Crippen LogP contribution is 2.17. The highest BCUT2D eigenvalue weighted by atomic mass is 16.2. The van der Waals surface area contributed by atoms with Gasteiger partial charge in [0.2, 0.25) is 0 Å². The Bertz CT molecular complexity index is 739. The van der Waals surface area contributed by atoms with Gasteiger partial charge in [-0.15, -0.1) is 0 Å². The van der Waals surface area contributed by atoms with E-state index in [1.807, 2.05) is 39.8 Å². The first-order valence-corrected chi connectivity index (χ1v) is 8.15. The third-order valence-corrected chi connectivity index (χ3v) is 3.46. The summed E-state index contributed by atoms with van der Waals surface area (Å²) in [7, 11) is 0. The molecule has 1 aromatic heterocycles. The summed E-state index contributed by atoms with van der Waals surface area (Å²) in [6.45, 7) is 7.60. The summed E-state index contributed by atoms with van der Waals surface area (Å²) in [5.74, 6) is -0.231. The van der Waals surface area contributed by atoms with Crippen molar-refractivity contribution in [2.24, 2.45) is 0 Å². The average Bonchev–Trinajstić information content (AvgIpc) is 2.54. The number of carbonyl (C=O) groups is 2. The first-order valence-electron chi connectivity index (χ1n) is 8.15.